The topological polar surface area (TPSA) is 64.0 Å². The summed E-state index contributed by atoms with van der Waals surface area (Å²) >= 11 is 0. The number of hydrogen-bond acceptors (Lipinski definition) is 3. The maximum Gasteiger partial charge on any atom is 0.433 e. The van der Waals surface area contributed by atoms with Gasteiger partial charge in [-0.05, 0) is 48.9 Å². The van der Waals surface area contributed by atoms with Crippen LogP contribution in [0.25, 0.3) is 22.0 Å². The van der Waals surface area contributed by atoms with E-state index in [-0.39, 0.29) is 28.6 Å². The van der Waals surface area contributed by atoms with E-state index in [1.54, 1.807) is 4.57 Å². The Balaban J connectivity index is 1.96. The van der Waals surface area contributed by atoms with Gasteiger partial charge >= 0.3 is 6.18 Å². The molecular formula is C25H27F6N3O2S. The molecule has 2 heterocycles. The van der Waals surface area contributed by atoms with Gasteiger partial charge in [0.15, 0.2) is 5.69 Å². The Labute approximate surface area is 210 Å². The Bertz CT molecular complexity index is 1440. The van der Waals surface area contributed by atoms with E-state index in [9.17, 15) is 30.4 Å². The lowest BCUT2D eigenvalue weighted by atomic mass is 9.96. The van der Waals surface area contributed by atoms with Crippen LogP contribution in [0, 0.1) is 18.2 Å². The first-order valence-corrected chi connectivity index (χ1v) is 13.2. The molecule has 0 unspecified atom stereocenters. The van der Waals surface area contributed by atoms with Crippen molar-refractivity contribution in [3.05, 3.63) is 53.2 Å². The summed E-state index contributed by atoms with van der Waals surface area (Å²) in [4.78, 5) is 3.47. The average molecular weight is 548 g/mol. The molecule has 2 aromatic heterocycles. The third-order valence-corrected chi connectivity index (χ3v) is 8.00. The molecule has 3 aromatic rings. The highest BCUT2D eigenvalue weighted by molar-refractivity contribution is 7.90. The highest BCUT2D eigenvalue weighted by Crippen LogP contribution is 2.41. The zero-order valence-electron chi connectivity index (χ0n) is 20.6. The summed E-state index contributed by atoms with van der Waals surface area (Å²) in [5.74, 6) is -1.07. The molecule has 0 spiro atoms. The van der Waals surface area contributed by atoms with Crippen molar-refractivity contribution in [1.82, 2.24) is 14.3 Å². The highest BCUT2D eigenvalue weighted by Gasteiger charge is 2.40. The van der Waals surface area contributed by atoms with E-state index in [0.29, 0.717) is 18.4 Å². The fraction of sp³-hybridized carbons (Fsp3) is 0.480. The molecule has 1 aliphatic carbocycles. The van der Waals surface area contributed by atoms with E-state index in [2.05, 4.69) is 9.71 Å². The van der Waals surface area contributed by atoms with Gasteiger partial charge in [-0.3, -0.25) is 4.98 Å². The van der Waals surface area contributed by atoms with Crippen LogP contribution in [0.5, 0.6) is 0 Å². The van der Waals surface area contributed by atoms with E-state index in [4.69, 9.17) is 0 Å². The maximum absolute atomic E-state index is 15.4. The van der Waals surface area contributed by atoms with Crippen molar-refractivity contribution in [2.75, 3.05) is 0 Å². The molecular weight excluding hydrogens is 520 g/mol. The second-order valence-corrected chi connectivity index (χ2v) is 12.7. The summed E-state index contributed by atoms with van der Waals surface area (Å²) in [5.41, 5.74) is -2.10. The van der Waals surface area contributed by atoms with Gasteiger partial charge in [-0.25, -0.2) is 26.3 Å². The lowest BCUT2D eigenvalue weighted by Crippen LogP contribution is -2.35. The fourth-order valence-electron chi connectivity index (χ4n) is 4.34. The van der Waals surface area contributed by atoms with E-state index >= 15 is 4.39 Å². The van der Waals surface area contributed by atoms with Crippen molar-refractivity contribution >= 4 is 20.9 Å². The average Bonchev–Trinajstić information content (AvgIpc) is 3.55. The number of rotatable bonds is 7. The summed E-state index contributed by atoms with van der Waals surface area (Å²) in [6.07, 6.45) is -4.93. The number of halogens is 6. The van der Waals surface area contributed by atoms with Gasteiger partial charge in [-0.2, -0.15) is 13.2 Å². The molecule has 1 atom stereocenters. The summed E-state index contributed by atoms with van der Waals surface area (Å²) in [7, 11) is -4.03. The minimum absolute atomic E-state index is 0.0107. The molecule has 0 bridgehead atoms. The van der Waals surface area contributed by atoms with Crippen LogP contribution in [-0.2, 0) is 22.7 Å². The summed E-state index contributed by atoms with van der Waals surface area (Å²) in [5, 5.41) is -0.766. The van der Waals surface area contributed by atoms with Gasteiger partial charge in [0, 0.05) is 46.5 Å². The van der Waals surface area contributed by atoms with Crippen molar-refractivity contribution < 1.29 is 34.8 Å². The lowest BCUT2D eigenvalue weighted by molar-refractivity contribution is -0.140. The number of alkyl halides is 5. The van der Waals surface area contributed by atoms with E-state index in [1.807, 2.05) is 20.8 Å². The van der Waals surface area contributed by atoms with Gasteiger partial charge in [0.25, 0.3) is 6.43 Å². The number of aromatic nitrogens is 2. The molecule has 0 amide bonds. The molecule has 1 fully saturated rings. The largest absolute Gasteiger partial charge is 0.433 e. The Kier molecular flexibility index (Phi) is 6.90. The number of nitrogens with one attached hydrogen (secondary N) is 1. The van der Waals surface area contributed by atoms with Gasteiger partial charge in [0.2, 0.25) is 10.0 Å². The first kappa shape index (κ1) is 27.4. The van der Waals surface area contributed by atoms with E-state index in [1.165, 1.54) is 25.3 Å². The first-order chi connectivity index (χ1) is 17.0. The molecule has 5 nitrogen and oxygen atoms in total. The van der Waals surface area contributed by atoms with E-state index in [0.717, 1.165) is 12.3 Å². The molecule has 0 radical (unpaired) electrons. The monoisotopic (exact) mass is 547 g/mol. The third kappa shape index (κ3) is 5.79. The van der Waals surface area contributed by atoms with Crippen LogP contribution in [0.3, 0.4) is 0 Å². The van der Waals surface area contributed by atoms with Crippen LogP contribution >= 0.6 is 0 Å². The zero-order chi connectivity index (χ0) is 27.5. The number of pyridine rings is 1. The van der Waals surface area contributed by atoms with Crippen molar-refractivity contribution in [3.8, 4) is 11.1 Å². The second-order valence-electron chi connectivity index (χ2n) is 10.7. The van der Waals surface area contributed by atoms with Crippen molar-refractivity contribution in [2.45, 2.75) is 71.0 Å². The molecule has 4 rings (SSSR count). The van der Waals surface area contributed by atoms with Gasteiger partial charge in [-0.1, -0.05) is 20.8 Å². The number of aryl methyl sites for hydroxylation is 1. The smallest absolute Gasteiger partial charge is 0.347 e. The van der Waals surface area contributed by atoms with Crippen LogP contribution in [-0.4, -0.2) is 29.6 Å². The zero-order valence-corrected chi connectivity index (χ0v) is 21.4. The first-order valence-electron chi connectivity index (χ1n) is 11.6. The Morgan fingerprint density at radius 1 is 1.11 bits per heavy atom. The fourth-order valence-corrected chi connectivity index (χ4v) is 5.87. The number of sulfonamides is 1. The van der Waals surface area contributed by atoms with Crippen LogP contribution in [0.1, 0.15) is 56.5 Å². The van der Waals surface area contributed by atoms with Gasteiger partial charge in [0.05, 0.1) is 5.25 Å². The quantitative estimate of drug-likeness (QED) is 0.339. The SMILES string of the molecule is Cc1cnc(C(F)(F)F)c(-c2cc3c(cc2F)c([C@H](NS(=O)(=O)C2CC2)C(F)F)cn3CC(C)(C)C)c1. The van der Waals surface area contributed by atoms with Gasteiger partial charge < -0.3 is 4.57 Å². The predicted octanol–water partition coefficient (Wildman–Crippen LogP) is 6.60. The molecule has 0 aliphatic heterocycles. The Morgan fingerprint density at radius 3 is 2.30 bits per heavy atom. The standard InChI is InChI=1S/C25H27F6N3O2S/c1-13-7-17(22(32-10-13)25(29,30)31)15-9-20-16(8-19(15)26)18(11-34(20)12-24(2,3)4)21(23(27)28)33-37(35,36)14-5-6-14/h7-11,14,21,23,33H,5-6,12H2,1-4H3/t21-/m0/s1. The highest BCUT2D eigenvalue weighted by atomic mass is 32.2. The molecule has 0 saturated heterocycles. The summed E-state index contributed by atoms with van der Waals surface area (Å²) < 4.78 is 113. The number of nitrogens with zero attached hydrogens (tertiary/aromatic N) is 2. The van der Waals surface area contributed by atoms with E-state index < -0.39 is 56.4 Å². The maximum atomic E-state index is 15.4. The number of benzene rings is 1. The van der Waals surface area contributed by atoms with Gasteiger partial charge in [-0.15, -0.1) is 0 Å². The third-order valence-electron chi connectivity index (χ3n) is 6.07. The Morgan fingerprint density at radius 2 is 1.76 bits per heavy atom. The predicted molar refractivity (Wildman–Crippen MR) is 128 cm³/mol. The molecule has 1 aliphatic rings. The Hall–Kier alpha value is -2.60. The van der Waals surface area contributed by atoms with Crippen molar-refractivity contribution in [2.24, 2.45) is 5.41 Å². The minimum Gasteiger partial charge on any atom is -0.347 e. The molecule has 202 valence electrons. The second kappa shape index (κ2) is 9.30. The van der Waals surface area contributed by atoms with Gasteiger partial charge in [0.1, 0.15) is 11.9 Å². The molecule has 12 heteroatoms. The molecule has 1 saturated carbocycles. The number of hydrogen-bond donors (Lipinski definition) is 1. The van der Waals surface area contributed by atoms with Crippen molar-refractivity contribution in [3.63, 3.8) is 0 Å². The van der Waals surface area contributed by atoms with Crippen LogP contribution in [0.15, 0.2) is 30.6 Å². The molecule has 37 heavy (non-hydrogen) atoms. The van der Waals surface area contributed by atoms with Crippen LogP contribution in [0.2, 0.25) is 0 Å². The minimum atomic E-state index is -4.86. The van der Waals surface area contributed by atoms with Crippen LogP contribution < -0.4 is 4.72 Å². The summed E-state index contributed by atoms with van der Waals surface area (Å²) in [6.45, 7) is 7.38. The molecule has 1 N–H and O–H groups in total. The normalized spacial score (nSPS) is 16.1. The van der Waals surface area contributed by atoms with Crippen LogP contribution in [0.4, 0.5) is 26.3 Å². The summed E-state index contributed by atoms with van der Waals surface area (Å²) in [6, 6.07) is 1.29. The number of fused-ring (bicyclic) bond motifs is 1. The van der Waals surface area contributed by atoms with Crippen molar-refractivity contribution in [1.29, 1.82) is 0 Å². The lowest BCUT2D eigenvalue weighted by Gasteiger charge is -2.20. The molecule has 1 aromatic carbocycles.